The van der Waals surface area contributed by atoms with E-state index in [1.807, 2.05) is 72.8 Å². The molecule has 11 unspecified atom stereocenters. The molecule has 0 aromatic heterocycles. The Labute approximate surface area is 582 Å². The molecular weight excluding hydrogens is 1200 g/mol. The molecule has 0 spiro atoms. The average Bonchev–Trinajstić information content (AvgIpc) is 1.70. The van der Waals surface area contributed by atoms with Crippen molar-refractivity contribution < 1.29 is 47.6 Å². The summed E-state index contributed by atoms with van der Waals surface area (Å²) in [6.45, 7) is 38.5. The molecule has 11 atom stereocenters. The molecule has 5 aromatic carbocycles. The Morgan fingerprint density at radius 1 is 0.629 bits per heavy atom. The summed E-state index contributed by atoms with van der Waals surface area (Å²) in [5, 5.41) is 0. The summed E-state index contributed by atoms with van der Waals surface area (Å²) in [6.07, 6.45) is 31.1. The lowest BCUT2D eigenvalue weighted by molar-refractivity contribution is -0.0594. The number of allylic oxidation sites excluding steroid dienone is 3. The Morgan fingerprint density at radius 2 is 1.21 bits per heavy atom. The van der Waals surface area contributed by atoms with Gasteiger partial charge >= 0.3 is 23.9 Å². The molecule has 0 N–H and O–H groups in total. The Hall–Kier alpha value is -7.82. The minimum Gasteiger partial charge on any atom is -0.490 e. The van der Waals surface area contributed by atoms with Gasteiger partial charge in [-0.15, -0.1) is 0 Å². The van der Waals surface area contributed by atoms with E-state index in [4.69, 9.17) is 28.4 Å². The van der Waals surface area contributed by atoms with E-state index in [1.165, 1.54) is 56.9 Å². The Bertz CT molecular complexity index is 3460. The lowest BCUT2D eigenvalue weighted by Crippen LogP contribution is -2.51. The Balaban J connectivity index is 0.000000194. The van der Waals surface area contributed by atoms with Gasteiger partial charge in [-0.25, -0.2) is 19.2 Å². The van der Waals surface area contributed by atoms with Crippen LogP contribution in [0.2, 0.25) is 0 Å². The van der Waals surface area contributed by atoms with Crippen molar-refractivity contribution in [2.75, 3.05) is 20.3 Å². The molecule has 10 nitrogen and oxygen atoms in total. The van der Waals surface area contributed by atoms with Crippen molar-refractivity contribution >= 4 is 48.2 Å². The van der Waals surface area contributed by atoms with E-state index >= 15 is 0 Å². The number of aryl methyl sites for hydroxylation is 1. The number of benzene rings is 5. The molecule has 520 valence electrons. The molecule has 97 heavy (non-hydrogen) atoms. The standard InChI is InChI=1S/C36H52O2.C19H18O3.C19H26O2.C13H16O3/c1-7-26-11-13-27(14-12-26)34(37)38-29-19-21-35(5)28(23-29)15-16-30-32-18-17-31(25(4)10-8-9-24(2)3)36(32,6)22-20-33(30)35;1-3-14-5-9-17(10-6-14)22-19(20)16-8-11-18-15(12-16)7-4-13(2)21-18;1-5-17-9-11-18(12-10-17)19(20)21-14-13-16(4)8-6-7-15(2)3;1-4-11-5-7-12(8-6-11)13(14)16-10(2)9-15-3/h7,11-15,24-25,29-33H,1,8-10,16-23H2,2-6H3;3,5-6,8-13H,1,4,7H2,2H3;5,7,9-12,16H,1,6,8,13-14H2,2-4H3;4-8,10H,1,9H2,2-3H3. The van der Waals surface area contributed by atoms with Crippen molar-refractivity contribution in [1.82, 2.24) is 0 Å². The molecule has 0 saturated heterocycles. The van der Waals surface area contributed by atoms with Crippen LogP contribution in [0.3, 0.4) is 0 Å². The molecule has 10 rings (SSSR count). The van der Waals surface area contributed by atoms with E-state index in [9.17, 15) is 19.2 Å². The van der Waals surface area contributed by atoms with Crippen LogP contribution in [-0.2, 0) is 25.4 Å². The smallest absolute Gasteiger partial charge is 0.343 e. The Morgan fingerprint density at radius 3 is 1.78 bits per heavy atom. The predicted molar refractivity (Wildman–Crippen MR) is 398 cm³/mol. The number of carbonyl (C=O) groups excluding carboxylic acids is 4. The minimum absolute atomic E-state index is 0.00821. The third-order valence-electron chi connectivity index (χ3n) is 21.2. The second-order valence-electron chi connectivity index (χ2n) is 29.1. The molecule has 10 heteroatoms. The molecule has 4 aliphatic carbocycles. The van der Waals surface area contributed by atoms with Gasteiger partial charge in [0.05, 0.1) is 41.6 Å². The summed E-state index contributed by atoms with van der Waals surface area (Å²) in [5.41, 5.74) is 11.1. The summed E-state index contributed by atoms with van der Waals surface area (Å²) in [6, 6.07) is 34.7. The lowest BCUT2D eigenvalue weighted by atomic mass is 9.47. The second-order valence-corrected chi connectivity index (χ2v) is 29.1. The van der Waals surface area contributed by atoms with Gasteiger partial charge in [0.25, 0.3) is 0 Å². The maximum atomic E-state index is 12.9. The van der Waals surface area contributed by atoms with Gasteiger partial charge < -0.3 is 28.4 Å². The molecule has 1 aliphatic heterocycles. The molecule has 3 fully saturated rings. The van der Waals surface area contributed by atoms with Crippen molar-refractivity contribution in [2.45, 2.75) is 190 Å². The summed E-state index contributed by atoms with van der Waals surface area (Å²) in [4.78, 5) is 48.6. The SMILES string of the molecule is C=Cc1ccc(C(=O)OC(C)COC)cc1.C=Cc1ccc(C(=O)OC2CCC3(C)C(=CCC4C3CCC3(C)C(C(C)CCCC(C)C)CCC43)C2)cc1.C=Cc1ccc(C(=O)OCCC(C)CCC=C(C)C)cc1.C=Cc1ccc(OC(=O)c2ccc3c(c2)CCC(C)O3)cc1. The van der Waals surface area contributed by atoms with Crippen LogP contribution in [0.1, 0.15) is 235 Å². The molecule has 1 heterocycles. The quantitative estimate of drug-likeness (QED) is 0.0255. The zero-order chi connectivity index (χ0) is 70.2. The largest absolute Gasteiger partial charge is 0.490 e. The van der Waals surface area contributed by atoms with E-state index in [0.717, 1.165) is 120 Å². The summed E-state index contributed by atoms with van der Waals surface area (Å²) in [5.74, 6) is 5.99. The monoisotopic (exact) mass is 1320 g/mol. The number of ether oxygens (including phenoxy) is 6. The lowest BCUT2D eigenvalue weighted by Gasteiger charge is -2.58. The van der Waals surface area contributed by atoms with Crippen molar-refractivity contribution in [3.05, 3.63) is 215 Å². The number of methoxy groups -OCH3 is 1. The van der Waals surface area contributed by atoms with Gasteiger partial charge in [-0.05, 0) is 252 Å². The first-order valence-electron chi connectivity index (χ1n) is 35.8. The van der Waals surface area contributed by atoms with Crippen LogP contribution >= 0.6 is 0 Å². The number of carbonyl (C=O) groups is 4. The first-order valence-corrected chi connectivity index (χ1v) is 35.8. The number of fused-ring (bicyclic) bond motifs is 6. The highest BCUT2D eigenvalue weighted by molar-refractivity contribution is 5.92. The van der Waals surface area contributed by atoms with Crippen LogP contribution in [0, 0.1) is 52.3 Å². The van der Waals surface area contributed by atoms with E-state index in [2.05, 4.69) is 101 Å². The fourth-order valence-corrected chi connectivity index (χ4v) is 15.5. The molecule has 5 aromatic rings. The number of esters is 4. The van der Waals surface area contributed by atoms with Gasteiger partial charge in [0.15, 0.2) is 0 Å². The van der Waals surface area contributed by atoms with E-state index < -0.39 is 0 Å². The highest BCUT2D eigenvalue weighted by Crippen LogP contribution is 2.67. The third-order valence-corrected chi connectivity index (χ3v) is 21.2. The van der Waals surface area contributed by atoms with Gasteiger partial charge in [-0.1, -0.05) is 183 Å². The van der Waals surface area contributed by atoms with Crippen molar-refractivity contribution in [3.63, 3.8) is 0 Å². The van der Waals surface area contributed by atoms with Gasteiger partial charge in [0, 0.05) is 13.5 Å². The maximum Gasteiger partial charge on any atom is 0.343 e. The zero-order valence-electron chi connectivity index (χ0n) is 60.3. The molecular formula is C87H112O10. The fourth-order valence-electron chi connectivity index (χ4n) is 15.5. The zero-order valence-corrected chi connectivity index (χ0v) is 60.3. The van der Waals surface area contributed by atoms with E-state index in [1.54, 1.807) is 86.4 Å². The van der Waals surface area contributed by atoms with E-state index in [0.29, 0.717) is 58.0 Å². The van der Waals surface area contributed by atoms with Crippen molar-refractivity contribution in [2.24, 2.45) is 52.3 Å². The second kappa shape index (κ2) is 37.2. The van der Waals surface area contributed by atoms with Crippen molar-refractivity contribution in [3.8, 4) is 11.5 Å². The fraction of sp³-hybridized carbons (Fsp3) is 0.471. The van der Waals surface area contributed by atoms with Crippen molar-refractivity contribution in [1.29, 1.82) is 0 Å². The average molecular weight is 1320 g/mol. The minimum atomic E-state index is -0.354. The summed E-state index contributed by atoms with van der Waals surface area (Å²) >= 11 is 0. The van der Waals surface area contributed by atoms with Crippen LogP contribution in [0.5, 0.6) is 11.5 Å². The maximum absolute atomic E-state index is 12.9. The van der Waals surface area contributed by atoms with Gasteiger partial charge in [0.2, 0.25) is 0 Å². The predicted octanol–water partition coefficient (Wildman–Crippen LogP) is 21.9. The normalized spacial score (nSPS) is 22.7. The van der Waals surface area contributed by atoms with Gasteiger partial charge in [0.1, 0.15) is 23.7 Å². The molecule has 5 aliphatic rings. The van der Waals surface area contributed by atoms with E-state index in [-0.39, 0.29) is 42.2 Å². The molecule has 0 amide bonds. The van der Waals surface area contributed by atoms with Crippen LogP contribution in [-0.4, -0.2) is 62.5 Å². The first kappa shape index (κ1) is 76.5. The summed E-state index contributed by atoms with van der Waals surface area (Å²) in [7, 11) is 1.57. The molecule has 3 saturated carbocycles. The van der Waals surface area contributed by atoms with Gasteiger partial charge in [-0.2, -0.15) is 0 Å². The van der Waals surface area contributed by atoms with Crippen LogP contribution in [0.25, 0.3) is 24.3 Å². The summed E-state index contributed by atoms with van der Waals surface area (Å²) < 4.78 is 32.6. The topological polar surface area (TPSA) is 124 Å². The third kappa shape index (κ3) is 21.8. The highest BCUT2D eigenvalue weighted by atomic mass is 16.6. The van der Waals surface area contributed by atoms with Crippen LogP contribution < -0.4 is 9.47 Å². The molecule has 0 radical (unpaired) electrons. The number of hydrogen-bond acceptors (Lipinski definition) is 10. The number of hydrogen-bond donors (Lipinski definition) is 0. The van der Waals surface area contributed by atoms with Crippen LogP contribution in [0.15, 0.2) is 165 Å². The molecule has 0 bridgehead atoms. The van der Waals surface area contributed by atoms with Gasteiger partial charge in [-0.3, -0.25) is 0 Å². The first-order chi connectivity index (χ1) is 46.5. The number of rotatable bonds is 24. The highest BCUT2D eigenvalue weighted by Gasteiger charge is 2.59. The van der Waals surface area contributed by atoms with Crippen LogP contribution in [0.4, 0.5) is 0 Å². The Kier molecular flexibility index (Phi) is 29.4.